The molecule has 154 valence electrons. The average molecular weight is 419 g/mol. The monoisotopic (exact) mass is 419 g/mol. The van der Waals surface area contributed by atoms with Gasteiger partial charge in [-0.25, -0.2) is 17.8 Å². The number of benzene rings is 2. The molecule has 3 rings (SSSR count). The summed E-state index contributed by atoms with van der Waals surface area (Å²) in [6, 6.07) is 9.29. The third kappa shape index (κ3) is 4.56. The summed E-state index contributed by atoms with van der Waals surface area (Å²) in [6.07, 6.45) is 1.78. The molecule has 2 aromatic carbocycles. The Morgan fingerprint density at radius 2 is 1.93 bits per heavy atom. The third-order valence-corrected chi connectivity index (χ3v) is 6.01. The Morgan fingerprint density at radius 1 is 1.24 bits per heavy atom. The Hall–Kier alpha value is -2.94. The molecule has 9 heteroatoms. The van der Waals surface area contributed by atoms with E-state index in [0.717, 1.165) is 25.0 Å². The van der Waals surface area contributed by atoms with Crippen LogP contribution >= 0.6 is 0 Å². The van der Waals surface area contributed by atoms with Gasteiger partial charge in [0.05, 0.1) is 21.6 Å². The number of imidazole rings is 1. The summed E-state index contributed by atoms with van der Waals surface area (Å²) in [5.41, 5.74) is 1.41. The van der Waals surface area contributed by atoms with Crippen LogP contribution in [0.25, 0.3) is 11.0 Å². The number of rotatable bonds is 8. The Bertz CT molecular complexity index is 1140. The third-order valence-electron chi connectivity index (χ3n) is 4.61. The molecule has 1 atom stereocenters. The standard InChI is InChI=1S/C20H22FN3O4S/c1-3-4-13(2)20-22-17-11-15(7-10-18(17)24(20)12-19(25)26)23-29(27,28)16-8-5-14(21)6-9-16/h5-11,13,23H,3-4,12H2,1-2H3,(H,25,26). The summed E-state index contributed by atoms with van der Waals surface area (Å²) in [5, 5.41) is 9.27. The number of hydrogen-bond acceptors (Lipinski definition) is 4. The van der Waals surface area contributed by atoms with E-state index in [9.17, 15) is 22.7 Å². The molecule has 1 aromatic heterocycles. The van der Waals surface area contributed by atoms with E-state index in [4.69, 9.17) is 0 Å². The maximum absolute atomic E-state index is 13.1. The van der Waals surface area contributed by atoms with Crippen molar-refractivity contribution < 1.29 is 22.7 Å². The number of aromatic nitrogens is 2. The molecule has 1 heterocycles. The van der Waals surface area contributed by atoms with Crippen LogP contribution in [0.15, 0.2) is 47.4 Å². The van der Waals surface area contributed by atoms with Crippen molar-refractivity contribution in [3.63, 3.8) is 0 Å². The van der Waals surface area contributed by atoms with Gasteiger partial charge < -0.3 is 9.67 Å². The van der Waals surface area contributed by atoms with Crippen LogP contribution in [0.3, 0.4) is 0 Å². The minimum atomic E-state index is -3.89. The first-order valence-corrected chi connectivity index (χ1v) is 10.7. The number of fused-ring (bicyclic) bond motifs is 1. The Labute approximate surface area is 168 Å². The zero-order valence-electron chi connectivity index (χ0n) is 16.1. The van der Waals surface area contributed by atoms with Gasteiger partial charge in [-0.3, -0.25) is 9.52 Å². The van der Waals surface area contributed by atoms with Crippen LogP contribution in [0.5, 0.6) is 0 Å². The molecule has 0 spiro atoms. The van der Waals surface area contributed by atoms with E-state index in [1.54, 1.807) is 22.8 Å². The zero-order chi connectivity index (χ0) is 21.2. The van der Waals surface area contributed by atoms with Crippen molar-refractivity contribution in [2.75, 3.05) is 4.72 Å². The molecule has 0 aliphatic rings. The van der Waals surface area contributed by atoms with Crippen LogP contribution in [0.4, 0.5) is 10.1 Å². The highest BCUT2D eigenvalue weighted by Crippen LogP contribution is 2.28. The lowest BCUT2D eigenvalue weighted by Gasteiger charge is -2.12. The number of aliphatic carboxylic acids is 1. The zero-order valence-corrected chi connectivity index (χ0v) is 16.9. The number of nitrogens with zero attached hydrogens (tertiary/aromatic N) is 2. The molecule has 0 saturated carbocycles. The molecule has 7 nitrogen and oxygen atoms in total. The van der Waals surface area contributed by atoms with Crippen molar-refractivity contribution >= 4 is 32.7 Å². The fourth-order valence-electron chi connectivity index (χ4n) is 3.28. The number of carboxylic acids is 1. The molecule has 0 radical (unpaired) electrons. The van der Waals surface area contributed by atoms with Gasteiger partial charge in [0, 0.05) is 5.92 Å². The van der Waals surface area contributed by atoms with E-state index in [-0.39, 0.29) is 23.0 Å². The maximum atomic E-state index is 13.1. The molecular formula is C20H22FN3O4S. The lowest BCUT2D eigenvalue weighted by atomic mass is 10.1. The molecule has 2 N–H and O–H groups in total. The predicted molar refractivity (Wildman–Crippen MR) is 108 cm³/mol. The van der Waals surface area contributed by atoms with Crippen molar-refractivity contribution in [2.24, 2.45) is 0 Å². The minimum Gasteiger partial charge on any atom is -0.480 e. The Kier molecular flexibility index (Phi) is 5.88. The molecule has 0 aliphatic carbocycles. The normalized spacial score (nSPS) is 12.8. The van der Waals surface area contributed by atoms with Gasteiger partial charge in [-0.1, -0.05) is 20.3 Å². The van der Waals surface area contributed by atoms with E-state index in [0.29, 0.717) is 16.9 Å². The van der Waals surface area contributed by atoms with Gasteiger partial charge >= 0.3 is 5.97 Å². The maximum Gasteiger partial charge on any atom is 0.323 e. The Morgan fingerprint density at radius 3 is 2.55 bits per heavy atom. The smallest absolute Gasteiger partial charge is 0.323 e. The summed E-state index contributed by atoms with van der Waals surface area (Å²) < 4.78 is 42.2. The van der Waals surface area contributed by atoms with Gasteiger partial charge in [-0.2, -0.15) is 0 Å². The number of sulfonamides is 1. The van der Waals surface area contributed by atoms with Crippen molar-refractivity contribution in [2.45, 2.75) is 44.0 Å². The first kappa shape index (κ1) is 20.8. The van der Waals surface area contributed by atoms with E-state index >= 15 is 0 Å². The van der Waals surface area contributed by atoms with Crippen LogP contribution in [0.1, 0.15) is 38.4 Å². The second kappa shape index (κ2) is 8.20. The number of halogens is 1. The van der Waals surface area contributed by atoms with E-state index in [1.165, 1.54) is 12.1 Å². The van der Waals surface area contributed by atoms with Crippen LogP contribution in [-0.2, 0) is 21.4 Å². The second-order valence-corrected chi connectivity index (χ2v) is 8.58. The number of hydrogen-bond donors (Lipinski definition) is 2. The van der Waals surface area contributed by atoms with Crippen LogP contribution in [0.2, 0.25) is 0 Å². The highest BCUT2D eigenvalue weighted by Gasteiger charge is 2.20. The lowest BCUT2D eigenvalue weighted by Crippen LogP contribution is -2.14. The highest BCUT2D eigenvalue weighted by molar-refractivity contribution is 7.92. The first-order valence-electron chi connectivity index (χ1n) is 9.21. The number of nitrogens with one attached hydrogen (secondary N) is 1. The van der Waals surface area contributed by atoms with E-state index in [1.807, 2.05) is 13.8 Å². The van der Waals surface area contributed by atoms with Gasteiger partial charge in [0.15, 0.2) is 0 Å². The first-order chi connectivity index (χ1) is 13.7. The average Bonchev–Trinajstić information content (AvgIpc) is 2.99. The minimum absolute atomic E-state index is 0.0612. The van der Waals surface area contributed by atoms with Crippen molar-refractivity contribution in [1.29, 1.82) is 0 Å². The van der Waals surface area contributed by atoms with E-state index in [2.05, 4.69) is 9.71 Å². The quantitative estimate of drug-likeness (QED) is 0.575. The fraction of sp³-hybridized carbons (Fsp3) is 0.300. The summed E-state index contributed by atoms with van der Waals surface area (Å²) in [7, 11) is -3.89. The SMILES string of the molecule is CCCC(C)c1nc2cc(NS(=O)(=O)c3ccc(F)cc3)ccc2n1CC(=O)O. The molecule has 0 aliphatic heterocycles. The summed E-state index contributed by atoms with van der Waals surface area (Å²) in [4.78, 5) is 15.8. The number of anilines is 1. The number of carboxylic acid groups (broad SMARTS) is 1. The molecule has 0 saturated heterocycles. The molecule has 1 unspecified atom stereocenters. The molecule has 3 aromatic rings. The molecule has 0 bridgehead atoms. The summed E-state index contributed by atoms with van der Waals surface area (Å²) >= 11 is 0. The number of carbonyl (C=O) groups is 1. The van der Waals surface area contributed by atoms with E-state index < -0.39 is 21.8 Å². The second-order valence-electron chi connectivity index (χ2n) is 6.90. The Balaban J connectivity index is 1.99. The molecule has 0 amide bonds. The van der Waals surface area contributed by atoms with Crippen LogP contribution in [-0.4, -0.2) is 29.0 Å². The molecule has 29 heavy (non-hydrogen) atoms. The van der Waals surface area contributed by atoms with Gasteiger partial charge in [-0.15, -0.1) is 0 Å². The van der Waals surface area contributed by atoms with Gasteiger partial charge in [0.25, 0.3) is 10.0 Å². The van der Waals surface area contributed by atoms with Gasteiger partial charge in [-0.05, 0) is 48.9 Å². The van der Waals surface area contributed by atoms with Crippen LogP contribution < -0.4 is 4.72 Å². The van der Waals surface area contributed by atoms with Crippen molar-refractivity contribution in [1.82, 2.24) is 9.55 Å². The summed E-state index contributed by atoms with van der Waals surface area (Å²) in [6.45, 7) is 3.81. The van der Waals surface area contributed by atoms with Gasteiger partial charge in [0.2, 0.25) is 0 Å². The molecular weight excluding hydrogens is 397 g/mol. The van der Waals surface area contributed by atoms with Crippen LogP contribution in [0, 0.1) is 5.82 Å². The lowest BCUT2D eigenvalue weighted by molar-refractivity contribution is -0.137. The fourth-order valence-corrected chi connectivity index (χ4v) is 4.33. The van der Waals surface area contributed by atoms with Crippen molar-refractivity contribution in [3.8, 4) is 0 Å². The van der Waals surface area contributed by atoms with Crippen molar-refractivity contribution in [3.05, 3.63) is 54.1 Å². The summed E-state index contributed by atoms with van der Waals surface area (Å²) in [5.74, 6) is -0.785. The highest BCUT2D eigenvalue weighted by atomic mass is 32.2. The molecule has 0 fully saturated rings. The predicted octanol–water partition coefficient (Wildman–Crippen LogP) is 3.96. The largest absolute Gasteiger partial charge is 0.480 e. The van der Waals surface area contributed by atoms with Gasteiger partial charge in [0.1, 0.15) is 18.2 Å². The topological polar surface area (TPSA) is 101 Å².